The van der Waals surface area contributed by atoms with Crippen LogP contribution in [0.3, 0.4) is 0 Å². The second kappa shape index (κ2) is 10.2. The minimum Gasteiger partial charge on any atom is -0.484 e. The molecule has 164 valence electrons. The van der Waals surface area contributed by atoms with Crippen LogP contribution in [-0.2, 0) is 16.1 Å². The van der Waals surface area contributed by atoms with E-state index in [1.807, 2.05) is 28.0 Å². The van der Waals surface area contributed by atoms with E-state index in [1.54, 1.807) is 24.3 Å². The van der Waals surface area contributed by atoms with Crippen LogP contribution in [0.2, 0.25) is 5.02 Å². The van der Waals surface area contributed by atoms with E-state index in [0.717, 1.165) is 31.5 Å². The highest BCUT2D eigenvalue weighted by molar-refractivity contribution is 6.30. The van der Waals surface area contributed by atoms with Gasteiger partial charge < -0.3 is 14.5 Å². The molecular weight excluding hydrogens is 414 g/mol. The van der Waals surface area contributed by atoms with Crippen LogP contribution < -0.4 is 4.74 Å². The summed E-state index contributed by atoms with van der Waals surface area (Å²) >= 11 is 5.96. The number of rotatable bonds is 6. The first-order chi connectivity index (χ1) is 15.1. The van der Waals surface area contributed by atoms with Crippen molar-refractivity contribution >= 4 is 23.4 Å². The molecule has 0 bridgehead atoms. The molecule has 2 aromatic carbocycles. The summed E-state index contributed by atoms with van der Waals surface area (Å²) in [5, 5.41) is 0.581. The molecule has 2 amide bonds. The molecule has 1 atom stereocenters. The first-order valence-electron chi connectivity index (χ1n) is 10.8. The second-order valence-electron chi connectivity index (χ2n) is 8.07. The van der Waals surface area contributed by atoms with Crippen LogP contribution in [0.4, 0.5) is 0 Å². The number of hydrogen-bond acceptors (Lipinski definition) is 4. The van der Waals surface area contributed by atoms with Crippen LogP contribution in [0, 0.1) is 0 Å². The first kappa shape index (κ1) is 21.7. The Hall–Kier alpha value is -2.57. The fraction of sp³-hybridized carbons (Fsp3) is 0.417. The molecule has 2 aromatic rings. The van der Waals surface area contributed by atoms with Crippen molar-refractivity contribution in [1.82, 2.24) is 14.7 Å². The summed E-state index contributed by atoms with van der Waals surface area (Å²) in [6.07, 6.45) is 1.70. The number of amides is 2. The second-order valence-corrected chi connectivity index (χ2v) is 8.50. The van der Waals surface area contributed by atoms with Crippen molar-refractivity contribution in [2.45, 2.75) is 25.4 Å². The molecule has 4 rings (SSSR count). The average Bonchev–Trinajstić information content (AvgIpc) is 2.98. The molecule has 2 heterocycles. The van der Waals surface area contributed by atoms with E-state index in [1.165, 1.54) is 0 Å². The normalized spacial score (nSPS) is 20.0. The van der Waals surface area contributed by atoms with Crippen LogP contribution in [0.15, 0.2) is 54.6 Å². The first-order valence-corrected chi connectivity index (χ1v) is 11.2. The predicted octanol–water partition coefficient (Wildman–Crippen LogP) is 3.05. The molecule has 2 fully saturated rings. The fourth-order valence-electron chi connectivity index (χ4n) is 4.31. The SMILES string of the molecule is O=C(COc1cccc(Cl)c1)N1CCCN([C@H]2CCN(Cc3ccccc3)C2=O)CC1. The summed E-state index contributed by atoms with van der Waals surface area (Å²) < 4.78 is 5.61. The number of likely N-dealkylation sites (tertiary alicyclic amines) is 1. The lowest BCUT2D eigenvalue weighted by Crippen LogP contribution is -2.44. The number of carbonyl (C=O) groups excluding carboxylic acids is 2. The highest BCUT2D eigenvalue weighted by Crippen LogP contribution is 2.21. The fourth-order valence-corrected chi connectivity index (χ4v) is 4.49. The molecule has 0 radical (unpaired) electrons. The van der Waals surface area contributed by atoms with E-state index in [2.05, 4.69) is 17.0 Å². The zero-order chi connectivity index (χ0) is 21.6. The van der Waals surface area contributed by atoms with Crippen molar-refractivity contribution in [3.63, 3.8) is 0 Å². The Morgan fingerprint density at radius 3 is 2.65 bits per heavy atom. The highest BCUT2D eigenvalue weighted by atomic mass is 35.5. The Bertz CT molecular complexity index is 908. The topological polar surface area (TPSA) is 53.1 Å². The van der Waals surface area contributed by atoms with Crippen molar-refractivity contribution in [3.8, 4) is 5.75 Å². The molecule has 2 aliphatic heterocycles. The van der Waals surface area contributed by atoms with Gasteiger partial charge in [0.1, 0.15) is 5.75 Å². The summed E-state index contributed by atoms with van der Waals surface area (Å²) in [7, 11) is 0. The third kappa shape index (κ3) is 5.57. The van der Waals surface area contributed by atoms with Crippen LogP contribution >= 0.6 is 11.6 Å². The summed E-state index contributed by atoms with van der Waals surface area (Å²) in [4.78, 5) is 31.7. The van der Waals surface area contributed by atoms with Crippen LogP contribution in [0.1, 0.15) is 18.4 Å². The van der Waals surface area contributed by atoms with Crippen molar-refractivity contribution < 1.29 is 14.3 Å². The van der Waals surface area contributed by atoms with Crippen molar-refractivity contribution in [2.24, 2.45) is 0 Å². The summed E-state index contributed by atoms with van der Waals surface area (Å²) in [5.74, 6) is 0.755. The number of nitrogens with zero attached hydrogens (tertiary/aromatic N) is 3. The summed E-state index contributed by atoms with van der Waals surface area (Å²) in [5.41, 5.74) is 1.16. The van der Waals surface area contributed by atoms with Gasteiger partial charge in [0.25, 0.3) is 5.91 Å². The maximum atomic E-state index is 13.0. The molecule has 6 nitrogen and oxygen atoms in total. The van der Waals surface area contributed by atoms with Gasteiger partial charge in [-0.1, -0.05) is 48.0 Å². The minimum absolute atomic E-state index is 0.00639. The minimum atomic E-state index is -0.0820. The quantitative estimate of drug-likeness (QED) is 0.691. The number of halogens is 1. The molecule has 7 heteroatoms. The van der Waals surface area contributed by atoms with Gasteiger partial charge in [0.05, 0.1) is 6.04 Å². The van der Waals surface area contributed by atoms with Gasteiger partial charge in [0.2, 0.25) is 5.91 Å². The zero-order valence-corrected chi connectivity index (χ0v) is 18.3. The van der Waals surface area contributed by atoms with Gasteiger partial charge in [0.15, 0.2) is 6.61 Å². The monoisotopic (exact) mass is 441 g/mol. The number of benzene rings is 2. The Morgan fingerprint density at radius 2 is 1.84 bits per heavy atom. The van der Waals surface area contributed by atoms with Gasteiger partial charge in [0, 0.05) is 44.3 Å². The predicted molar refractivity (Wildman–Crippen MR) is 120 cm³/mol. The van der Waals surface area contributed by atoms with Gasteiger partial charge in [-0.25, -0.2) is 0 Å². The Kier molecular flexibility index (Phi) is 7.10. The molecule has 31 heavy (non-hydrogen) atoms. The number of hydrogen-bond donors (Lipinski definition) is 0. The van der Waals surface area contributed by atoms with Gasteiger partial charge in [-0.3, -0.25) is 14.5 Å². The van der Waals surface area contributed by atoms with Crippen molar-refractivity contribution in [1.29, 1.82) is 0 Å². The van der Waals surface area contributed by atoms with E-state index >= 15 is 0 Å². The molecule has 2 saturated heterocycles. The molecule has 0 unspecified atom stereocenters. The smallest absolute Gasteiger partial charge is 0.260 e. The van der Waals surface area contributed by atoms with Gasteiger partial charge >= 0.3 is 0 Å². The molecule has 2 aliphatic rings. The third-order valence-corrected chi connectivity index (χ3v) is 6.20. The van der Waals surface area contributed by atoms with Gasteiger partial charge in [-0.2, -0.15) is 0 Å². The van der Waals surface area contributed by atoms with E-state index < -0.39 is 0 Å². The molecular formula is C24H28ClN3O3. The molecule has 0 saturated carbocycles. The largest absolute Gasteiger partial charge is 0.484 e. The highest BCUT2D eigenvalue weighted by Gasteiger charge is 2.36. The van der Waals surface area contributed by atoms with Crippen molar-refractivity contribution in [2.75, 3.05) is 39.3 Å². The lowest BCUT2D eigenvalue weighted by Gasteiger charge is -2.26. The molecule has 0 spiro atoms. The lowest BCUT2D eigenvalue weighted by molar-refractivity contribution is -0.133. The van der Waals surface area contributed by atoms with E-state index in [0.29, 0.717) is 37.0 Å². The maximum absolute atomic E-state index is 13.0. The summed E-state index contributed by atoms with van der Waals surface area (Å²) in [6, 6.07) is 17.1. The lowest BCUT2D eigenvalue weighted by atomic mass is 10.2. The van der Waals surface area contributed by atoms with Crippen LogP contribution in [0.5, 0.6) is 5.75 Å². The van der Waals surface area contributed by atoms with E-state index in [4.69, 9.17) is 16.3 Å². The van der Waals surface area contributed by atoms with Gasteiger partial charge in [-0.15, -0.1) is 0 Å². The van der Waals surface area contributed by atoms with Crippen molar-refractivity contribution in [3.05, 3.63) is 65.2 Å². The Labute approximate surface area is 188 Å². The van der Waals surface area contributed by atoms with E-state index in [9.17, 15) is 9.59 Å². The molecule has 0 aromatic heterocycles. The summed E-state index contributed by atoms with van der Waals surface area (Å²) in [6.45, 7) is 4.27. The molecule has 0 aliphatic carbocycles. The van der Waals surface area contributed by atoms with Crippen LogP contribution in [-0.4, -0.2) is 71.9 Å². The number of carbonyl (C=O) groups is 2. The average molecular weight is 442 g/mol. The van der Waals surface area contributed by atoms with Gasteiger partial charge in [-0.05, 0) is 36.6 Å². The standard InChI is InChI=1S/C24H28ClN3O3/c25-20-8-4-9-21(16-20)31-18-23(29)27-12-5-11-26(14-15-27)22-10-13-28(24(22)30)17-19-6-2-1-3-7-19/h1-4,6-9,16,22H,5,10-15,17-18H2/t22-/m0/s1. The maximum Gasteiger partial charge on any atom is 0.260 e. The van der Waals surface area contributed by atoms with E-state index in [-0.39, 0.29) is 24.5 Å². The molecule has 0 N–H and O–H groups in total. The van der Waals surface area contributed by atoms with Crippen LogP contribution in [0.25, 0.3) is 0 Å². The third-order valence-electron chi connectivity index (χ3n) is 5.97. The number of ether oxygens (including phenoxy) is 1. The Morgan fingerprint density at radius 1 is 1.00 bits per heavy atom. The zero-order valence-electron chi connectivity index (χ0n) is 17.6. The Balaban J connectivity index is 1.27.